The fraction of sp³-hybridized carbons (Fsp3) is 0.438. The summed E-state index contributed by atoms with van der Waals surface area (Å²) < 4.78 is 5.37. The van der Waals surface area contributed by atoms with Crippen molar-refractivity contribution in [3.05, 3.63) is 41.5 Å². The summed E-state index contributed by atoms with van der Waals surface area (Å²) in [4.78, 5) is 12.2. The molecule has 0 spiro atoms. The Balaban J connectivity index is 1.88. The zero-order chi connectivity index (χ0) is 14.4. The minimum absolute atomic E-state index is 0.0236. The van der Waals surface area contributed by atoms with Crippen LogP contribution in [0.3, 0.4) is 0 Å². The minimum Gasteiger partial charge on any atom is -0.385 e. The molecule has 1 amide bonds. The van der Waals surface area contributed by atoms with E-state index in [1.165, 1.54) is 0 Å². The first-order valence-corrected chi connectivity index (χ1v) is 7.04. The summed E-state index contributed by atoms with van der Waals surface area (Å²) in [5.41, 5.74) is 3.97. The molecular formula is C16H22N2O2. The summed E-state index contributed by atoms with van der Waals surface area (Å²) >= 11 is 0. The lowest BCUT2D eigenvalue weighted by molar-refractivity contribution is 0.0926. The molecule has 108 valence electrons. The molecule has 0 aliphatic carbocycles. The Morgan fingerprint density at radius 1 is 1.50 bits per heavy atom. The third-order valence-electron chi connectivity index (χ3n) is 3.22. The van der Waals surface area contributed by atoms with Crippen LogP contribution < -0.4 is 10.6 Å². The van der Waals surface area contributed by atoms with Crippen LogP contribution in [0.25, 0.3) is 0 Å². The molecule has 2 N–H and O–H groups in total. The van der Waals surface area contributed by atoms with Gasteiger partial charge in [-0.05, 0) is 37.5 Å². The molecule has 0 saturated heterocycles. The van der Waals surface area contributed by atoms with Gasteiger partial charge in [-0.2, -0.15) is 0 Å². The largest absolute Gasteiger partial charge is 0.385 e. The van der Waals surface area contributed by atoms with Crippen molar-refractivity contribution >= 4 is 11.6 Å². The van der Waals surface area contributed by atoms with Crippen LogP contribution in [-0.4, -0.2) is 32.2 Å². The first kappa shape index (κ1) is 14.6. The van der Waals surface area contributed by atoms with Crippen molar-refractivity contribution in [2.45, 2.75) is 19.8 Å². The van der Waals surface area contributed by atoms with E-state index in [9.17, 15) is 4.79 Å². The normalized spacial score (nSPS) is 13.2. The molecule has 0 atom stereocenters. The van der Waals surface area contributed by atoms with Crippen LogP contribution in [0.1, 0.15) is 29.3 Å². The molecule has 1 heterocycles. The molecule has 20 heavy (non-hydrogen) atoms. The molecule has 0 aromatic heterocycles. The van der Waals surface area contributed by atoms with Crippen LogP contribution in [0, 0.1) is 0 Å². The van der Waals surface area contributed by atoms with Crippen molar-refractivity contribution < 1.29 is 9.53 Å². The van der Waals surface area contributed by atoms with Crippen LogP contribution in [-0.2, 0) is 11.2 Å². The van der Waals surface area contributed by atoms with Gasteiger partial charge in [0.1, 0.15) is 0 Å². The second kappa shape index (κ2) is 7.10. The molecule has 1 aromatic carbocycles. The van der Waals surface area contributed by atoms with Gasteiger partial charge in [0.15, 0.2) is 0 Å². The van der Waals surface area contributed by atoms with Crippen LogP contribution in [0.15, 0.2) is 30.4 Å². The van der Waals surface area contributed by atoms with Gasteiger partial charge in [0.05, 0.1) is 13.2 Å². The van der Waals surface area contributed by atoms with Gasteiger partial charge in [0.25, 0.3) is 5.91 Å². The number of nitrogens with one attached hydrogen (secondary N) is 2. The molecule has 1 aliphatic rings. The Labute approximate surface area is 120 Å². The molecule has 4 nitrogen and oxygen atoms in total. The lowest BCUT2D eigenvalue weighted by Gasteiger charge is -2.20. The highest BCUT2D eigenvalue weighted by molar-refractivity contribution is 5.97. The van der Waals surface area contributed by atoms with E-state index in [4.69, 9.17) is 4.74 Å². The predicted octanol–water partition coefficient (Wildman–Crippen LogP) is 2.37. The van der Waals surface area contributed by atoms with Crippen molar-refractivity contribution in [2.75, 3.05) is 31.6 Å². The summed E-state index contributed by atoms with van der Waals surface area (Å²) in [6, 6.07) is 5.83. The Morgan fingerprint density at radius 3 is 3.15 bits per heavy atom. The summed E-state index contributed by atoms with van der Waals surface area (Å²) in [5.74, 6) is -0.0236. The van der Waals surface area contributed by atoms with Crippen molar-refractivity contribution in [3.63, 3.8) is 0 Å². The number of carbonyl (C=O) groups is 1. The molecule has 4 heteroatoms. The highest BCUT2D eigenvalue weighted by Crippen LogP contribution is 2.25. The number of benzene rings is 1. The number of fused-ring (bicyclic) bond motifs is 1. The van der Waals surface area contributed by atoms with E-state index in [2.05, 4.69) is 17.2 Å². The number of carbonyl (C=O) groups excluding carboxylic acids is 1. The SMILES string of the molecule is C=C(C)COCCNC(=O)c1cccc2c1CCCN2. The monoisotopic (exact) mass is 274 g/mol. The van der Waals surface area contributed by atoms with E-state index in [1.807, 2.05) is 25.1 Å². The van der Waals surface area contributed by atoms with Gasteiger partial charge < -0.3 is 15.4 Å². The van der Waals surface area contributed by atoms with E-state index in [-0.39, 0.29) is 5.91 Å². The predicted molar refractivity (Wildman–Crippen MR) is 81.2 cm³/mol. The zero-order valence-corrected chi connectivity index (χ0v) is 12.0. The van der Waals surface area contributed by atoms with E-state index in [1.54, 1.807) is 0 Å². The Bertz CT molecular complexity index is 497. The van der Waals surface area contributed by atoms with E-state index < -0.39 is 0 Å². The quantitative estimate of drug-likeness (QED) is 0.618. The Hall–Kier alpha value is -1.81. The topological polar surface area (TPSA) is 50.4 Å². The van der Waals surface area contributed by atoms with Crippen molar-refractivity contribution in [1.82, 2.24) is 5.32 Å². The highest BCUT2D eigenvalue weighted by atomic mass is 16.5. The molecule has 0 radical (unpaired) electrons. The van der Waals surface area contributed by atoms with Gasteiger partial charge in [-0.15, -0.1) is 0 Å². The van der Waals surface area contributed by atoms with Crippen LogP contribution in [0.2, 0.25) is 0 Å². The first-order valence-electron chi connectivity index (χ1n) is 7.04. The van der Waals surface area contributed by atoms with E-state index in [0.29, 0.717) is 19.8 Å². The number of anilines is 1. The Kier molecular flexibility index (Phi) is 5.18. The summed E-state index contributed by atoms with van der Waals surface area (Å²) in [5, 5.41) is 6.23. The number of ether oxygens (including phenoxy) is 1. The number of hydrogen-bond donors (Lipinski definition) is 2. The lowest BCUT2D eigenvalue weighted by Crippen LogP contribution is -2.29. The van der Waals surface area contributed by atoms with Gasteiger partial charge in [-0.1, -0.05) is 18.2 Å². The molecule has 2 rings (SSSR count). The minimum atomic E-state index is -0.0236. The smallest absolute Gasteiger partial charge is 0.251 e. The highest BCUT2D eigenvalue weighted by Gasteiger charge is 2.16. The van der Waals surface area contributed by atoms with Gasteiger partial charge >= 0.3 is 0 Å². The number of amides is 1. The van der Waals surface area contributed by atoms with Crippen molar-refractivity contribution in [1.29, 1.82) is 0 Å². The maximum atomic E-state index is 12.2. The molecule has 1 aromatic rings. The maximum Gasteiger partial charge on any atom is 0.251 e. The summed E-state index contributed by atoms with van der Waals surface area (Å²) in [6.07, 6.45) is 2.02. The van der Waals surface area contributed by atoms with Crippen molar-refractivity contribution in [2.24, 2.45) is 0 Å². The maximum absolute atomic E-state index is 12.2. The van der Waals surface area contributed by atoms with Gasteiger partial charge in [-0.25, -0.2) is 0 Å². The molecule has 1 aliphatic heterocycles. The molecule has 0 saturated carbocycles. The van der Waals surface area contributed by atoms with E-state index >= 15 is 0 Å². The Morgan fingerprint density at radius 2 is 2.35 bits per heavy atom. The average molecular weight is 274 g/mol. The lowest BCUT2D eigenvalue weighted by atomic mass is 9.97. The summed E-state index contributed by atoms with van der Waals surface area (Å²) in [7, 11) is 0. The third-order valence-corrected chi connectivity index (χ3v) is 3.22. The van der Waals surface area contributed by atoms with E-state index in [0.717, 1.165) is 41.8 Å². The molecular weight excluding hydrogens is 252 g/mol. The van der Waals surface area contributed by atoms with Crippen LogP contribution >= 0.6 is 0 Å². The first-order chi connectivity index (χ1) is 9.68. The van der Waals surface area contributed by atoms with Crippen LogP contribution in [0.4, 0.5) is 5.69 Å². The molecule has 0 unspecified atom stereocenters. The van der Waals surface area contributed by atoms with Gasteiger partial charge in [0.2, 0.25) is 0 Å². The molecule has 0 bridgehead atoms. The zero-order valence-electron chi connectivity index (χ0n) is 12.0. The van der Waals surface area contributed by atoms with Gasteiger partial charge in [-0.3, -0.25) is 4.79 Å². The van der Waals surface area contributed by atoms with Crippen LogP contribution in [0.5, 0.6) is 0 Å². The number of hydrogen-bond acceptors (Lipinski definition) is 3. The third kappa shape index (κ3) is 3.84. The number of rotatable bonds is 6. The average Bonchev–Trinajstić information content (AvgIpc) is 2.45. The standard InChI is InChI=1S/C16H22N2O2/c1-12(2)11-20-10-9-18-16(19)14-5-3-7-15-13(14)6-4-8-17-15/h3,5,7,17H,1,4,6,8-11H2,2H3,(H,18,19). The fourth-order valence-corrected chi connectivity index (χ4v) is 2.30. The summed E-state index contributed by atoms with van der Waals surface area (Å²) in [6.45, 7) is 8.23. The fourth-order valence-electron chi connectivity index (χ4n) is 2.30. The second-order valence-electron chi connectivity index (χ2n) is 5.13. The van der Waals surface area contributed by atoms with Gasteiger partial charge in [0, 0.05) is 24.3 Å². The van der Waals surface area contributed by atoms with Crippen molar-refractivity contribution in [3.8, 4) is 0 Å². The molecule has 0 fully saturated rings. The second-order valence-corrected chi connectivity index (χ2v) is 5.13.